The van der Waals surface area contributed by atoms with E-state index >= 15 is 0 Å². The van der Waals surface area contributed by atoms with Crippen LogP contribution in [0.1, 0.15) is 10.5 Å². The van der Waals surface area contributed by atoms with Crippen LogP contribution in [0.3, 0.4) is 0 Å². The first-order chi connectivity index (χ1) is 8.63. The van der Waals surface area contributed by atoms with Gasteiger partial charge in [-0.25, -0.2) is 9.78 Å². The van der Waals surface area contributed by atoms with Gasteiger partial charge in [-0.05, 0) is 24.3 Å². The molecule has 18 heavy (non-hydrogen) atoms. The third-order valence-corrected chi connectivity index (χ3v) is 2.70. The fraction of sp³-hybridized carbons (Fsp3) is 0.0769. The second kappa shape index (κ2) is 5.06. The molecule has 1 aromatic heterocycles. The van der Waals surface area contributed by atoms with Gasteiger partial charge >= 0.3 is 5.97 Å². The van der Waals surface area contributed by atoms with Gasteiger partial charge in [0.1, 0.15) is 5.75 Å². The average Bonchev–Trinajstić information content (AvgIpc) is 2.38. The van der Waals surface area contributed by atoms with Gasteiger partial charge in [-0.1, -0.05) is 17.7 Å². The first-order valence-corrected chi connectivity index (χ1v) is 5.53. The standard InChI is InChI=1S/C13H10ClNO3/c1-18-11-5-4-8(14)7-10(11)9-3-2-6-15-12(9)13(16)17/h2-7H,1H3,(H,16,17). The van der Waals surface area contributed by atoms with Crippen LogP contribution in [0, 0.1) is 0 Å². The van der Waals surface area contributed by atoms with E-state index in [1.54, 1.807) is 30.3 Å². The normalized spacial score (nSPS) is 10.1. The van der Waals surface area contributed by atoms with Crippen LogP contribution in [0.5, 0.6) is 5.75 Å². The molecule has 0 unspecified atom stereocenters. The highest BCUT2D eigenvalue weighted by atomic mass is 35.5. The molecule has 4 nitrogen and oxygen atoms in total. The molecule has 2 rings (SSSR count). The van der Waals surface area contributed by atoms with Crippen LogP contribution in [0.2, 0.25) is 5.02 Å². The van der Waals surface area contributed by atoms with Crippen molar-refractivity contribution < 1.29 is 14.6 Å². The SMILES string of the molecule is COc1ccc(Cl)cc1-c1cccnc1C(=O)O. The minimum absolute atomic E-state index is 0.0296. The van der Waals surface area contributed by atoms with Crippen molar-refractivity contribution in [3.8, 4) is 16.9 Å². The van der Waals surface area contributed by atoms with Gasteiger partial charge in [0.2, 0.25) is 0 Å². The zero-order valence-electron chi connectivity index (χ0n) is 9.55. The fourth-order valence-corrected chi connectivity index (χ4v) is 1.86. The summed E-state index contributed by atoms with van der Waals surface area (Å²) in [5.41, 5.74) is 1.05. The van der Waals surface area contributed by atoms with E-state index in [0.29, 0.717) is 21.9 Å². The lowest BCUT2D eigenvalue weighted by molar-refractivity contribution is 0.0691. The topological polar surface area (TPSA) is 59.4 Å². The van der Waals surface area contributed by atoms with E-state index < -0.39 is 5.97 Å². The summed E-state index contributed by atoms with van der Waals surface area (Å²) < 4.78 is 5.21. The van der Waals surface area contributed by atoms with Crippen molar-refractivity contribution in [2.24, 2.45) is 0 Å². The highest BCUT2D eigenvalue weighted by molar-refractivity contribution is 6.31. The molecule has 0 atom stereocenters. The lowest BCUT2D eigenvalue weighted by Crippen LogP contribution is -2.03. The summed E-state index contributed by atoms with van der Waals surface area (Å²) in [6.07, 6.45) is 1.43. The first-order valence-electron chi connectivity index (χ1n) is 5.15. The van der Waals surface area contributed by atoms with Crippen LogP contribution in [0.15, 0.2) is 36.5 Å². The molecule has 0 fully saturated rings. The van der Waals surface area contributed by atoms with Crippen molar-refractivity contribution >= 4 is 17.6 Å². The number of methoxy groups -OCH3 is 1. The largest absolute Gasteiger partial charge is 0.496 e. The van der Waals surface area contributed by atoms with Crippen molar-refractivity contribution in [2.75, 3.05) is 7.11 Å². The molecule has 0 bridgehead atoms. The van der Waals surface area contributed by atoms with E-state index in [9.17, 15) is 4.79 Å². The van der Waals surface area contributed by atoms with Crippen molar-refractivity contribution in [3.63, 3.8) is 0 Å². The van der Waals surface area contributed by atoms with Crippen molar-refractivity contribution in [3.05, 3.63) is 47.2 Å². The average molecular weight is 264 g/mol. The second-order valence-corrected chi connectivity index (χ2v) is 3.99. The molecule has 0 aliphatic carbocycles. The number of pyridine rings is 1. The van der Waals surface area contributed by atoms with Gasteiger partial charge in [0.15, 0.2) is 5.69 Å². The summed E-state index contributed by atoms with van der Waals surface area (Å²) in [7, 11) is 1.52. The van der Waals surface area contributed by atoms with Crippen molar-refractivity contribution in [1.82, 2.24) is 4.98 Å². The Bertz CT molecular complexity index is 599. The number of aromatic carboxylic acids is 1. The van der Waals surface area contributed by atoms with Gasteiger partial charge in [0, 0.05) is 22.3 Å². The molecule has 0 saturated carbocycles. The van der Waals surface area contributed by atoms with Crippen LogP contribution in [-0.4, -0.2) is 23.2 Å². The third kappa shape index (κ3) is 2.28. The Balaban J connectivity index is 2.68. The Hall–Kier alpha value is -2.07. The monoisotopic (exact) mass is 263 g/mol. The zero-order valence-corrected chi connectivity index (χ0v) is 10.3. The summed E-state index contributed by atoms with van der Waals surface area (Å²) in [4.78, 5) is 15.0. The molecule has 1 heterocycles. The summed E-state index contributed by atoms with van der Waals surface area (Å²) >= 11 is 5.93. The Morgan fingerprint density at radius 2 is 2.11 bits per heavy atom. The van der Waals surface area contributed by atoms with E-state index in [2.05, 4.69) is 4.98 Å². The maximum absolute atomic E-state index is 11.1. The molecule has 0 aliphatic heterocycles. The van der Waals surface area contributed by atoms with E-state index in [1.165, 1.54) is 13.3 Å². The van der Waals surface area contributed by atoms with E-state index in [-0.39, 0.29) is 5.69 Å². The zero-order chi connectivity index (χ0) is 13.1. The van der Waals surface area contributed by atoms with Gasteiger partial charge in [-0.15, -0.1) is 0 Å². The smallest absolute Gasteiger partial charge is 0.355 e. The molecule has 1 aromatic carbocycles. The van der Waals surface area contributed by atoms with Gasteiger partial charge in [0.05, 0.1) is 7.11 Å². The maximum atomic E-state index is 11.1. The number of rotatable bonds is 3. The van der Waals surface area contributed by atoms with Crippen LogP contribution in [0.25, 0.3) is 11.1 Å². The number of aromatic nitrogens is 1. The Morgan fingerprint density at radius 3 is 2.78 bits per heavy atom. The molecular formula is C13H10ClNO3. The predicted octanol–water partition coefficient (Wildman–Crippen LogP) is 3.11. The van der Waals surface area contributed by atoms with Gasteiger partial charge < -0.3 is 9.84 Å². The number of nitrogens with zero attached hydrogens (tertiary/aromatic N) is 1. The number of halogens is 1. The molecule has 2 aromatic rings. The molecule has 0 saturated heterocycles. The fourth-order valence-electron chi connectivity index (χ4n) is 1.68. The Labute approximate surface area is 109 Å². The van der Waals surface area contributed by atoms with E-state index in [4.69, 9.17) is 21.4 Å². The van der Waals surface area contributed by atoms with Crippen molar-refractivity contribution in [2.45, 2.75) is 0 Å². The quantitative estimate of drug-likeness (QED) is 0.924. The second-order valence-electron chi connectivity index (χ2n) is 3.55. The number of hydrogen-bond acceptors (Lipinski definition) is 3. The first kappa shape index (κ1) is 12.4. The van der Waals surface area contributed by atoms with E-state index in [0.717, 1.165) is 0 Å². The number of ether oxygens (including phenoxy) is 1. The molecule has 0 amide bonds. The third-order valence-electron chi connectivity index (χ3n) is 2.46. The minimum atomic E-state index is -1.09. The number of carbonyl (C=O) groups is 1. The molecule has 1 N–H and O–H groups in total. The number of hydrogen-bond donors (Lipinski definition) is 1. The molecule has 0 aliphatic rings. The summed E-state index contributed by atoms with van der Waals surface area (Å²) in [5, 5.41) is 9.63. The molecule has 5 heteroatoms. The van der Waals surface area contributed by atoms with Crippen LogP contribution in [0.4, 0.5) is 0 Å². The molecule has 92 valence electrons. The summed E-state index contributed by atoms with van der Waals surface area (Å²) in [5.74, 6) is -0.539. The highest BCUT2D eigenvalue weighted by Gasteiger charge is 2.16. The van der Waals surface area contributed by atoms with Crippen LogP contribution < -0.4 is 4.74 Å². The van der Waals surface area contributed by atoms with Gasteiger partial charge in [-0.2, -0.15) is 0 Å². The van der Waals surface area contributed by atoms with Crippen LogP contribution >= 0.6 is 11.6 Å². The molecule has 0 radical (unpaired) electrons. The number of benzene rings is 1. The maximum Gasteiger partial charge on any atom is 0.355 e. The molecular weight excluding hydrogens is 254 g/mol. The Kier molecular flexibility index (Phi) is 3.48. The summed E-state index contributed by atoms with van der Waals surface area (Å²) in [6, 6.07) is 8.37. The number of carboxylic acids is 1. The predicted molar refractivity (Wildman–Crippen MR) is 68.2 cm³/mol. The molecule has 0 spiro atoms. The lowest BCUT2D eigenvalue weighted by Gasteiger charge is -2.10. The highest BCUT2D eigenvalue weighted by Crippen LogP contribution is 2.33. The van der Waals surface area contributed by atoms with Gasteiger partial charge in [-0.3, -0.25) is 0 Å². The Morgan fingerprint density at radius 1 is 1.33 bits per heavy atom. The van der Waals surface area contributed by atoms with E-state index in [1.807, 2.05) is 0 Å². The summed E-state index contributed by atoms with van der Waals surface area (Å²) in [6.45, 7) is 0. The van der Waals surface area contributed by atoms with Crippen molar-refractivity contribution in [1.29, 1.82) is 0 Å². The number of carboxylic acid groups (broad SMARTS) is 1. The van der Waals surface area contributed by atoms with Gasteiger partial charge in [0.25, 0.3) is 0 Å². The van der Waals surface area contributed by atoms with Crippen LogP contribution in [-0.2, 0) is 0 Å². The lowest BCUT2D eigenvalue weighted by atomic mass is 10.0. The minimum Gasteiger partial charge on any atom is -0.496 e.